The molecule has 8 heteroatoms. The van der Waals surface area contributed by atoms with Crippen LogP contribution in [0.25, 0.3) is 0 Å². The summed E-state index contributed by atoms with van der Waals surface area (Å²) in [5.41, 5.74) is 1.03. The minimum atomic E-state index is -3.89. The fraction of sp³-hybridized carbons (Fsp3) is 0.429. The third-order valence-electron chi connectivity index (χ3n) is 5.18. The maximum atomic E-state index is 12.6. The molecule has 29 heavy (non-hydrogen) atoms. The van der Waals surface area contributed by atoms with Gasteiger partial charge in [0, 0.05) is 0 Å². The van der Waals surface area contributed by atoms with Gasteiger partial charge in [-0.3, -0.25) is 8.37 Å². The number of hydrogen-bond donors (Lipinski definition) is 0. The lowest BCUT2D eigenvalue weighted by Crippen LogP contribution is -2.38. The lowest BCUT2D eigenvalue weighted by atomic mass is 9.85. The summed E-state index contributed by atoms with van der Waals surface area (Å²) < 4.78 is 61.0. The minimum absolute atomic E-state index is 0.115. The van der Waals surface area contributed by atoms with E-state index in [1.54, 1.807) is 31.2 Å². The molecule has 0 saturated heterocycles. The van der Waals surface area contributed by atoms with Gasteiger partial charge in [0.15, 0.2) is 0 Å². The van der Waals surface area contributed by atoms with Crippen molar-refractivity contribution in [3.05, 3.63) is 59.7 Å². The highest BCUT2D eigenvalue weighted by Crippen LogP contribution is 2.36. The predicted octanol–water partition coefficient (Wildman–Crippen LogP) is 4.12. The third kappa shape index (κ3) is 5.45. The van der Waals surface area contributed by atoms with Crippen molar-refractivity contribution in [2.24, 2.45) is 0 Å². The molecule has 3 rings (SSSR count). The van der Waals surface area contributed by atoms with E-state index in [0.717, 1.165) is 11.1 Å². The molecule has 2 aromatic rings. The van der Waals surface area contributed by atoms with Gasteiger partial charge in [0.25, 0.3) is 20.2 Å². The van der Waals surface area contributed by atoms with Gasteiger partial charge in [0.1, 0.15) is 0 Å². The Hall–Kier alpha value is -1.74. The number of hydrogen-bond acceptors (Lipinski definition) is 6. The van der Waals surface area contributed by atoms with E-state index >= 15 is 0 Å². The van der Waals surface area contributed by atoms with E-state index < -0.39 is 31.9 Å². The highest BCUT2D eigenvalue weighted by Gasteiger charge is 2.38. The van der Waals surface area contributed by atoms with Crippen molar-refractivity contribution in [2.75, 3.05) is 0 Å². The summed E-state index contributed by atoms with van der Waals surface area (Å²) >= 11 is 0. The summed E-state index contributed by atoms with van der Waals surface area (Å²) in [5, 5.41) is 0. The Kier molecular flexibility index (Phi) is 6.19. The van der Waals surface area contributed by atoms with Gasteiger partial charge in [-0.05, 0) is 70.7 Å². The molecule has 1 fully saturated rings. The van der Waals surface area contributed by atoms with Crippen LogP contribution in [0.3, 0.4) is 0 Å². The fourth-order valence-electron chi connectivity index (χ4n) is 3.34. The van der Waals surface area contributed by atoms with E-state index in [1.165, 1.54) is 24.3 Å². The van der Waals surface area contributed by atoms with E-state index in [9.17, 15) is 16.8 Å². The molecule has 0 amide bonds. The molecular weight excluding hydrogens is 412 g/mol. The molecule has 1 aliphatic carbocycles. The predicted molar refractivity (Wildman–Crippen MR) is 110 cm³/mol. The minimum Gasteiger partial charge on any atom is -0.263 e. The Morgan fingerprint density at radius 1 is 0.759 bits per heavy atom. The molecule has 0 heterocycles. The lowest BCUT2D eigenvalue weighted by Gasteiger charge is -2.35. The van der Waals surface area contributed by atoms with Crippen LogP contribution in [0.4, 0.5) is 0 Å². The van der Waals surface area contributed by atoms with Crippen molar-refractivity contribution in [3.8, 4) is 0 Å². The van der Waals surface area contributed by atoms with Gasteiger partial charge in [0.05, 0.1) is 21.5 Å². The molecule has 6 nitrogen and oxygen atoms in total. The van der Waals surface area contributed by atoms with Crippen molar-refractivity contribution < 1.29 is 25.2 Å². The third-order valence-corrected chi connectivity index (χ3v) is 8.03. The monoisotopic (exact) mass is 438 g/mol. The summed E-state index contributed by atoms with van der Waals surface area (Å²) in [6.45, 7) is 5.50. The summed E-state index contributed by atoms with van der Waals surface area (Å²) in [6, 6.07) is 13.0. The zero-order valence-electron chi connectivity index (χ0n) is 16.8. The Labute approximate surface area is 173 Å². The van der Waals surface area contributed by atoms with E-state index in [0.29, 0.717) is 25.7 Å². The summed E-state index contributed by atoms with van der Waals surface area (Å²) in [5.74, 6) is 0. The molecule has 158 valence electrons. The van der Waals surface area contributed by atoms with Crippen molar-refractivity contribution in [1.82, 2.24) is 0 Å². The normalized spacial score (nSPS) is 23.1. The average molecular weight is 439 g/mol. The van der Waals surface area contributed by atoms with Crippen molar-refractivity contribution >= 4 is 20.2 Å². The molecule has 0 spiro atoms. The van der Waals surface area contributed by atoms with Gasteiger partial charge in [-0.15, -0.1) is 0 Å². The Bertz CT molecular complexity index is 1050. The summed E-state index contributed by atoms with van der Waals surface area (Å²) in [7, 11) is -7.75. The van der Waals surface area contributed by atoms with Crippen molar-refractivity contribution in [2.45, 2.75) is 68.0 Å². The SMILES string of the molecule is Cc1ccc(S(=O)(=O)OC2CCC(C)(OS(=O)(=O)c3ccc(C)cc3)CC2)cc1. The molecule has 1 saturated carbocycles. The first-order valence-electron chi connectivity index (χ1n) is 9.51. The van der Waals surface area contributed by atoms with Gasteiger partial charge in [0.2, 0.25) is 0 Å². The second kappa shape index (κ2) is 8.18. The lowest BCUT2D eigenvalue weighted by molar-refractivity contribution is 0.0160. The van der Waals surface area contributed by atoms with Crippen LogP contribution in [0.15, 0.2) is 58.3 Å². The van der Waals surface area contributed by atoms with Crippen LogP contribution in [0, 0.1) is 13.8 Å². The molecule has 0 radical (unpaired) electrons. The smallest absolute Gasteiger partial charge is 0.263 e. The van der Waals surface area contributed by atoms with Crippen molar-refractivity contribution in [3.63, 3.8) is 0 Å². The Morgan fingerprint density at radius 2 is 1.17 bits per heavy atom. The maximum absolute atomic E-state index is 12.6. The molecule has 0 N–H and O–H groups in total. The van der Waals surface area contributed by atoms with Crippen molar-refractivity contribution in [1.29, 1.82) is 0 Å². The topological polar surface area (TPSA) is 86.7 Å². The number of rotatable bonds is 6. The van der Waals surface area contributed by atoms with Gasteiger partial charge >= 0.3 is 0 Å². The second-order valence-electron chi connectivity index (χ2n) is 7.86. The average Bonchev–Trinajstić information content (AvgIpc) is 2.64. The van der Waals surface area contributed by atoms with Crippen LogP contribution < -0.4 is 0 Å². The van der Waals surface area contributed by atoms with Crippen LogP contribution in [0.1, 0.15) is 43.7 Å². The van der Waals surface area contributed by atoms with Gasteiger partial charge in [-0.1, -0.05) is 35.4 Å². The highest BCUT2D eigenvalue weighted by atomic mass is 32.2. The zero-order chi connectivity index (χ0) is 21.3. The summed E-state index contributed by atoms with van der Waals surface area (Å²) in [4.78, 5) is 0.235. The largest absolute Gasteiger partial charge is 0.297 e. The first kappa shape index (κ1) is 22.0. The van der Waals surface area contributed by atoms with Crippen LogP contribution in [-0.2, 0) is 28.6 Å². The first-order chi connectivity index (χ1) is 13.5. The quantitative estimate of drug-likeness (QED) is 0.631. The van der Waals surface area contributed by atoms with E-state index in [2.05, 4.69) is 0 Å². The molecule has 0 atom stereocenters. The van der Waals surface area contributed by atoms with E-state index in [-0.39, 0.29) is 9.79 Å². The summed E-state index contributed by atoms with van der Waals surface area (Å²) in [6.07, 6.45) is 1.05. The van der Waals surface area contributed by atoms with Gasteiger partial charge in [-0.25, -0.2) is 0 Å². The fourth-order valence-corrected chi connectivity index (χ4v) is 5.73. The van der Waals surface area contributed by atoms with E-state index in [1.807, 2.05) is 13.8 Å². The molecule has 1 aliphatic rings. The standard InChI is InChI=1S/C21H26O6S2/c1-16-4-8-19(9-5-16)28(22,23)26-18-12-14-21(3,15-13-18)27-29(24,25)20-10-6-17(2)7-11-20/h4-11,18H,12-15H2,1-3H3. The molecule has 0 bridgehead atoms. The molecule has 0 aromatic heterocycles. The molecule has 0 unspecified atom stereocenters. The van der Waals surface area contributed by atoms with E-state index in [4.69, 9.17) is 8.37 Å². The first-order valence-corrected chi connectivity index (χ1v) is 12.3. The van der Waals surface area contributed by atoms with Crippen LogP contribution >= 0.6 is 0 Å². The van der Waals surface area contributed by atoms with Gasteiger partial charge < -0.3 is 0 Å². The number of benzene rings is 2. The van der Waals surface area contributed by atoms with Crippen LogP contribution in [0.5, 0.6) is 0 Å². The van der Waals surface area contributed by atoms with Gasteiger partial charge in [-0.2, -0.15) is 16.8 Å². The molecular formula is C21H26O6S2. The maximum Gasteiger partial charge on any atom is 0.297 e. The Morgan fingerprint density at radius 3 is 1.62 bits per heavy atom. The molecule has 0 aliphatic heterocycles. The zero-order valence-corrected chi connectivity index (χ0v) is 18.4. The Balaban J connectivity index is 1.63. The van der Waals surface area contributed by atoms with Crippen LogP contribution in [-0.4, -0.2) is 28.5 Å². The molecule has 2 aromatic carbocycles. The highest BCUT2D eigenvalue weighted by molar-refractivity contribution is 7.87. The van der Waals surface area contributed by atoms with Crippen LogP contribution in [0.2, 0.25) is 0 Å². The number of aryl methyl sites for hydroxylation is 2. The second-order valence-corrected chi connectivity index (χ2v) is 11.0.